The zero-order valence-corrected chi connectivity index (χ0v) is 19.7. The third-order valence-electron chi connectivity index (χ3n) is 5.83. The number of hydrogen-bond acceptors (Lipinski definition) is 5. The largest absolute Gasteiger partial charge is 0.489 e. The van der Waals surface area contributed by atoms with Gasteiger partial charge in [-0.15, -0.1) is 0 Å². The van der Waals surface area contributed by atoms with Crippen molar-refractivity contribution in [3.05, 3.63) is 95.6 Å². The lowest BCUT2D eigenvalue weighted by Gasteiger charge is -2.33. The summed E-state index contributed by atoms with van der Waals surface area (Å²) < 4.78 is 11.7. The monoisotopic (exact) mass is 470 g/mol. The minimum Gasteiger partial charge on any atom is -0.489 e. The number of anilines is 1. The number of amides is 2. The molecule has 0 aliphatic carbocycles. The first kappa shape index (κ1) is 24.3. The van der Waals surface area contributed by atoms with Gasteiger partial charge >= 0.3 is 6.03 Å². The molecule has 4 rings (SSSR count). The third kappa shape index (κ3) is 7.57. The Labute approximate surface area is 206 Å². The molecule has 2 N–H and O–H groups in total. The fraction of sp³-hybridized carbons (Fsp3) is 0.286. The van der Waals surface area contributed by atoms with Crippen LogP contribution in [0.1, 0.15) is 16.7 Å². The molecule has 0 bridgehead atoms. The lowest BCUT2D eigenvalue weighted by molar-refractivity contribution is -0.0285. The Balaban J connectivity index is 1.25. The van der Waals surface area contributed by atoms with Crippen molar-refractivity contribution in [2.24, 2.45) is 0 Å². The number of nitrogens with one attached hydrogen (secondary N) is 2. The Bertz CT molecular complexity index is 1130. The number of benzene rings is 3. The number of hydrogen-bond donors (Lipinski definition) is 2. The van der Waals surface area contributed by atoms with Crippen molar-refractivity contribution in [1.82, 2.24) is 10.2 Å². The van der Waals surface area contributed by atoms with E-state index >= 15 is 0 Å². The maximum absolute atomic E-state index is 12.6. The van der Waals surface area contributed by atoms with Crippen molar-refractivity contribution >= 4 is 11.7 Å². The van der Waals surface area contributed by atoms with Gasteiger partial charge in [0, 0.05) is 37.4 Å². The van der Waals surface area contributed by atoms with Gasteiger partial charge in [0.05, 0.1) is 25.2 Å². The maximum Gasteiger partial charge on any atom is 0.319 e. The molecule has 1 aliphatic heterocycles. The molecule has 1 aliphatic rings. The number of morpholine rings is 1. The highest BCUT2D eigenvalue weighted by molar-refractivity contribution is 5.90. The fourth-order valence-electron chi connectivity index (χ4n) is 3.99. The number of carbonyl (C=O) groups excluding carboxylic acids is 1. The average Bonchev–Trinajstić information content (AvgIpc) is 2.89. The molecule has 7 heteroatoms. The number of carbonyl (C=O) groups is 1. The summed E-state index contributed by atoms with van der Waals surface area (Å²) in [5.41, 5.74) is 3.78. The SMILES string of the molecule is N#CCc1ccc(OCc2ccccc2NC(=O)NCC2CN(Cc3ccccc3)CCO2)cc1. The normalized spacial score (nSPS) is 15.7. The summed E-state index contributed by atoms with van der Waals surface area (Å²) in [6.07, 6.45) is 0.319. The van der Waals surface area contributed by atoms with Gasteiger partial charge in [-0.25, -0.2) is 4.79 Å². The van der Waals surface area contributed by atoms with E-state index in [1.165, 1.54) is 5.56 Å². The van der Waals surface area contributed by atoms with Crippen LogP contribution in [0.4, 0.5) is 10.5 Å². The summed E-state index contributed by atoms with van der Waals surface area (Å²) in [7, 11) is 0. The minimum absolute atomic E-state index is 0.0548. The van der Waals surface area contributed by atoms with Crippen LogP contribution in [-0.2, 0) is 24.3 Å². The molecule has 1 heterocycles. The van der Waals surface area contributed by atoms with E-state index in [-0.39, 0.29) is 12.1 Å². The number of rotatable bonds is 9. The Kier molecular flexibility index (Phi) is 8.71. The predicted octanol–water partition coefficient (Wildman–Crippen LogP) is 4.35. The zero-order chi connectivity index (χ0) is 24.3. The van der Waals surface area contributed by atoms with Crippen LogP contribution in [0.2, 0.25) is 0 Å². The Morgan fingerprint density at radius 2 is 1.80 bits per heavy atom. The highest BCUT2D eigenvalue weighted by Gasteiger charge is 2.21. The molecule has 7 nitrogen and oxygen atoms in total. The second-order valence-corrected chi connectivity index (χ2v) is 8.47. The van der Waals surface area contributed by atoms with E-state index in [2.05, 4.69) is 45.9 Å². The molecular weight excluding hydrogens is 440 g/mol. The van der Waals surface area contributed by atoms with Crippen molar-refractivity contribution < 1.29 is 14.3 Å². The van der Waals surface area contributed by atoms with E-state index in [4.69, 9.17) is 14.7 Å². The molecule has 1 saturated heterocycles. The van der Waals surface area contributed by atoms with Gasteiger partial charge in [0.1, 0.15) is 12.4 Å². The van der Waals surface area contributed by atoms with Gasteiger partial charge in [0.15, 0.2) is 0 Å². The van der Waals surface area contributed by atoms with E-state index < -0.39 is 0 Å². The van der Waals surface area contributed by atoms with Crippen LogP contribution in [-0.4, -0.2) is 43.3 Å². The summed E-state index contributed by atoms with van der Waals surface area (Å²) in [4.78, 5) is 14.9. The van der Waals surface area contributed by atoms with Crippen molar-refractivity contribution in [3.63, 3.8) is 0 Å². The molecule has 35 heavy (non-hydrogen) atoms. The second-order valence-electron chi connectivity index (χ2n) is 8.47. The van der Waals surface area contributed by atoms with E-state index in [0.29, 0.717) is 37.6 Å². The van der Waals surface area contributed by atoms with Crippen molar-refractivity contribution in [1.29, 1.82) is 5.26 Å². The van der Waals surface area contributed by atoms with Crippen LogP contribution in [0.3, 0.4) is 0 Å². The average molecular weight is 471 g/mol. The Morgan fingerprint density at radius 3 is 2.60 bits per heavy atom. The number of ether oxygens (including phenoxy) is 2. The molecule has 2 amide bonds. The van der Waals surface area contributed by atoms with Crippen LogP contribution >= 0.6 is 0 Å². The van der Waals surface area contributed by atoms with Crippen LogP contribution in [0.25, 0.3) is 0 Å². The van der Waals surface area contributed by atoms with Gasteiger partial charge < -0.3 is 20.1 Å². The number of nitrogens with zero attached hydrogens (tertiary/aromatic N) is 2. The van der Waals surface area contributed by atoms with Gasteiger partial charge in [-0.05, 0) is 29.3 Å². The number of para-hydroxylation sites is 1. The molecule has 3 aromatic carbocycles. The van der Waals surface area contributed by atoms with Crippen molar-refractivity contribution in [2.75, 3.05) is 31.6 Å². The standard InChI is InChI=1S/C28H30N4O3/c29-15-14-22-10-12-25(13-11-22)35-21-24-8-4-5-9-27(24)31-28(33)30-18-26-20-32(16-17-34-26)19-23-6-2-1-3-7-23/h1-13,26H,14,16-21H2,(H2,30,31,33). The first-order valence-corrected chi connectivity index (χ1v) is 11.8. The van der Waals surface area contributed by atoms with E-state index in [1.807, 2.05) is 54.6 Å². The summed E-state index contributed by atoms with van der Waals surface area (Å²) in [6, 6.07) is 27.2. The van der Waals surface area contributed by atoms with Crippen LogP contribution in [0.5, 0.6) is 5.75 Å². The lowest BCUT2D eigenvalue weighted by atomic mass is 10.1. The van der Waals surface area contributed by atoms with E-state index in [1.54, 1.807) is 0 Å². The van der Waals surface area contributed by atoms with E-state index in [9.17, 15) is 4.79 Å². The topological polar surface area (TPSA) is 86.6 Å². The minimum atomic E-state index is -0.276. The fourth-order valence-corrected chi connectivity index (χ4v) is 3.99. The summed E-state index contributed by atoms with van der Waals surface area (Å²) in [5.74, 6) is 0.709. The van der Waals surface area contributed by atoms with Gasteiger partial charge in [0.25, 0.3) is 0 Å². The first-order chi connectivity index (χ1) is 17.2. The third-order valence-corrected chi connectivity index (χ3v) is 5.83. The summed E-state index contributed by atoms with van der Waals surface area (Å²) >= 11 is 0. The molecule has 1 atom stereocenters. The number of nitriles is 1. The van der Waals surface area contributed by atoms with E-state index in [0.717, 1.165) is 30.8 Å². The predicted molar refractivity (Wildman–Crippen MR) is 135 cm³/mol. The highest BCUT2D eigenvalue weighted by atomic mass is 16.5. The molecule has 0 radical (unpaired) electrons. The van der Waals surface area contributed by atoms with Gasteiger partial charge in [-0.2, -0.15) is 5.26 Å². The zero-order valence-electron chi connectivity index (χ0n) is 19.7. The summed E-state index contributed by atoms with van der Waals surface area (Å²) in [5, 5.41) is 14.7. The quantitative estimate of drug-likeness (QED) is 0.485. The molecule has 3 aromatic rings. The van der Waals surface area contributed by atoms with Crippen molar-refractivity contribution in [2.45, 2.75) is 25.7 Å². The second kappa shape index (κ2) is 12.6. The van der Waals surface area contributed by atoms with Gasteiger partial charge in [0.2, 0.25) is 0 Å². The smallest absolute Gasteiger partial charge is 0.319 e. The molecule has 0 spiro atoms. The number of urea groups is 1. The molecule has 1 unspecified atom stereocenters. The Hall–Kier alpha value is -3.86. The Morgan fingerprint density at radius 1 is 1.03 bits per heavy atom. The molecule has 0 aromatic heterocycles. The van der Waals surface area contributed by atoms with Gasteiger partial charge in [-0.3, -0.25) is 4.90 Å². The first-order valence-electron chi connectivity index (χ1n) is 11.8. The van der Waals surface area contributed by atoms with Crippen LogP contribution < -0.4 is 15.4 Å². The summed E-state index contributed by atoms with van der Waals surface area (Å²) in [6.45, 7) is 3.93. The molecular formula is C28H30N4O3. The highest BCUT2D eigenvalue weighted by Crippen LogP contribution is 2.19. The van der Waals surface area contributed by atoms with Crippen molar-refractivity contribution in [3.8, 4) is 11.8 Å². The molecule has 180 valence electrons. The van der Waals surface area contributed by atoms with Gasteiger partial charge in [-0.1, -0.05) is 60.7 Å². The lowest BCUT2D eigenvalue weighted by Crippen LogP contribution is -2.47. The molecule has 1 fully saturated rings. The molecule has 0 saturated carbocycles. The maximum atomic E-state index is 12.6. The van der Waals surface area contributed by atoms with Crippen LogP contribution in [0.15, 0.2) is 78.9 Å². The van der Waals surface area contributed by atoms with Crippen LogP contribution in [0, 0.1) is 11.3 Å².